The van der Waals surface area contributed by atoms with Gasteiger partial charge in [0.25, 0.3) is 0 Å². The lowest BCUT2D eigenvalue weighted by molar-refractivity contribution is 1.19. The molecular weight excluding hydrogens is 532 g/mol. The Labute approximate surface area is 259 Å². The van der Waals surface area contributed by atoms with Crippen molar-refractivity contribution in [3.63, 3.8) is 0 Å². The molecule has 0 radical (unpaired) electrons. The van der Waals surface area contributed by atoms with Gasteiger partial charge < -0.3 is 9.97 Å². The lowest BCUT2D eigenvalue weighted by Gasteiger charge is -2.42. The molecule has 5 heteroatoms. The molecule has 0 bridgehead atoms. The highest BCUT2D eigenvalue weighted by molar-refractivity contribution is 7.04. The fourth-order valence-electron chi connectivity index (χ4n) is 8.58. The Morgan fingerprint density at radius 2 is 0.886 bits per heavy atom. The first-order valence-corrected chi connectivity index (χ1v) is 15.7. The molecule has 0 atom stereocenters. The van der Waals surface area contributed by atoms with Crippen molar-refractivity contribution in [2.75, 3.05) is 4.90 Å². The highest BCUT2D eigenvalue weighted by atomic mass is 15.3. The molecule has 2 aromatic heterocycles. The van der Waals surface area contributed by atoms with Crippen LogP contribution >= 0.6 is 0 Å². The zero-order valence-electron chi connectivity index (χ0n) is 25.8. The average Bonchev–Trinajstić information content (AvgIpc) is 3.58. The van der Waals surface area contributed by atoms with Gasteiger partial charge in [-0.25, -0.2) is 0 Å². The summed E-state index contributed by atoms with van der Waals surface area (Å²) in [7, 11) is 0. The second-order valence-electron chi connectivity index (χ2n) is 13.0. The summed E-state index contributed by atoms with van der Waals surface area (Å²) >= 11 is 0. The van der Waals surface area contributed by atoms with Crippen LogP contribution in [0.4, 0.5) is 17.3 Å². The third-order valence-corrected chi connectivity index (χ3v) is 10.3. The van der Waals surface area contributed by atoms with Crippen LogP contribution in [0.3, 0.4) is 0 Å². The molecule has 2 aliphatic rings. The summed E-state index contributed by atoms with van der Waals surface area (Å²) in [4.78, 5) is 10.4. The number of rotatable bonds is 2. The number of nitrogens with zero attached hydrogens (tertiary/aromatic N) is 1. The van der Waals surface area contributed by atoms with E-state index in [0.717, 1.165) is 0 Å². The summed E-state index contributed by atoms with van der Waals surface area (Å²) in [6, 6.07) is 36.1. The smallest absolute Gasteiger partial charge is 0.250 e. The number of fused-ring (bicyclic) bond motifs is 8. The molecule has 0 saturated carbocycles. The van der Waals surface area contributed by atoms with Crippen molar-refractivity contribution in [2.45, 2.75) is 34.6 Å². The maximum Gasteiger partial charge on any atom is 0.250 e. The quantitative estimate of drug-likeness (QED) is 0.274. The van der Waals surface area contributed by atoms with E-state index in [1.807, 2.05) is 0 Å². The Balaban J connectivity index is 1.49. The number of H-pyrrole nitrogens is 2. The SMILES string of the molecule is Cc1cc2c3c(c1)B(c1c(C)cccc1C)c1c([nH]c4ccccc14)N3c1[nH]c3ccccc3c1B2c1c(C)cccc1C. The van der Waals surface area contributed by atoms with Crippen LogP contribution in [0.5, 0.6) is 0 Å². The zero-order chi connectivity index (χ0) is 29.9. The van der Waals surface area contributed by atoms with Crippen LogP contribution in [0.25, 0.3) is 21.8 Å². The lowest BCUT2D eigenvalue weighted by atomic mass is 9.29. The van der Waals surface area contributed by atoms with Gasteiger partial charge in [-0.3, -0.25) is 4.90 Å². The monoisotopic (exact) mass is 565 g/mol. The van der Waals surface area contributed by atoms with Gasteiger partial charge in [0.15, 0.2) is 0 Å². The standard InChI is InChI=1S/C39H33B2N3/c1-22-20-29-37-30(21-22)41(34-25(4)14-11-15-26(34)5)36-28-17-7-9-19-32(28)43-39(36)44(37)38-35(27-16-6-8-18-31(27)42-38)40(29)33-23(2)12-10-13-24(33)3/h6-21,42-43H,1-5H3. The fraction of sp³-hybridized carbons (Fsp3) is 0.128. The molecule has 44 heavy (non-hydrogen) atoms. The van der Waals surface area contributed by atoms with Crippen LogP contribution in [-0.4, -0.2) is 23.4 Å². The van der Waals surface area contributed by atoms with Crippen LogP contribution in [0, 0.1) is 34.6 Å². The van der Waals surface area contributed by atoms with Gasteiger partial charge in [-0.2, -0.15) is 0 Å². The van der Waals surface area contributed by atoms with Gasteiger partial charge in [0.1, 0.15) is 11.6 Å². The van der Waals surface area contributed by atoms with Crippen LogP contribution in [0.1, 0.15) is 27.8 Å². The Hall–Kier alpha value is -4.89. The maximum atomic E-state index is 3.94. The molecule has 4 heterocycles. The van der Waals surface area contributed by atoms with Gasteiger partial charge >= 0.3 is 0 Å². The third-order valence-electron chi connectivity index (χ3n) is 10.3. The average molecular weight is 565 g/mol. The van der Waals surface area contributed by atoms with Crippen molar-refractivity contribution in [1.82, 2.24) is 9.97 Å². The number of para-hydroxylation sites is 2. The number of nitrogens with one attached hydrogen (secondary N) is 2. The minimum atomic E-state index is 0.108. The van der Waals surface area contributed by atoms with Crippen LogP contribution in [0.2, 0.25) is 0 Å². The first-order chi connectivity index (χ1) is 21.4. The van der Waals surface area contributed by atoms with Gasteiger partial charge in [0.2, 0.25) is 13.4 Å². The van der Waals surface area contributed by atoms with E-state index < -0.39 is 0 Å². The summed E-state index contributed by atoms with van der Waals surface area (Å²) in [5.74, 6) is 2.34. The van der Waals surface area contributed by atoms with Crippen molar-refractivity contribution >= 4 is 85.3 Å². The van der Waals surface area contributed by atoms with Crippen LogP contribution in [0.15, 0.2) is 97.1 Å². The van der Waals surface area contributed by atoms with Crippen LogP contribution in [-0.2, 0) is 0 Å². The lowest BCUT2D eigenvalue weighted by Crippen LogP contribution is -2.66. The molecule has 0 saturated heterocycles. The molecule has 3 nitrogen and oxygen atoms in total. The van der Waals surface area contributed by atoms with Gasteiger partial charge in [-0.1, -0.05) is 124 Å². The normalized spacial score (nSPS) is 13.4. The highest BCUT2D eigenvalue weighted by Gasteiger charge is 2.47. The first kappa shape index (κ1) is 25.6. The molecule has 2 N–H and O–H groups in total. The second kappa shape index (κ2) is 9.06. The minimum Gasteiger partial charge on any atom is -0.341 e. The van der Waals surface area contributed by atoms with Crippen molar-refractivity contribution in [1.29, 1.82) is 0 Å². The minimum absolute atomic E-state index is 0.108. The predicted molar refractivity (Wildman–Crippen MR) is 191 cm³/mol. The molecular formula is C39H33B2N3. The predicted octanol–water partition coefficient (Wildman–Crippen LogP) is 5.32. The molecule has 5 aromatic carbocycles. The third kappa shape index (κ3) is 3.30. The van der Waals surface area contributed by atoms with Crippen molar-refractivity contribution in [3.8, 4) is 0 Å². The number of anilines is 3. The molecule has 210 valence electrons. The highest BCUT2D eigenvalue weighted by Crippen LogP contribution is 2.40. The maximum absolute atomic E-state index is 3.94. The molecule has 9 rings (SSSR count). The Morgan fingerprint density at radius 1 is 0.477 bits per heavy atom. The Kier molecular flexibility index (Phi) is 5.27. The van der Waals surface area contributed by atoms with E-state index in [4.69, 9.17) is 0 Å². The largest absolute Gasteiger partial charge is 0.341 e. The van der Waals surface area contributed by atoms with E-state index in [-0.39, 0.29) is 13.4 Å². The summed E-state index contributed by atoms with van der Waals surface area (Å²) in [5.41, 5.74) is 18.6. The van der Waals surface area contributed by atoms with Crippen molar-refractivity contribution < 1.29 is 0 Å². The molecule has 0 spiro atoms. The Morgan fingerprint density at radius 3 is 1.32 bits per heavy atom. The first-order valence-electron chi connectivity index (χ1n) is 15.7. The fourth-order valence-corrected chi connectivity index (χ4v) is 8.58. The number of aromatic nitrogens is 2. The summed E-state index contributed by atoms with van der Waals surface area (Å²) in [6.45, 7) is 11.6. The van der Waals surface area contributed by atoms with E-state index in [9.17, 15) is 0 Å². The molecule has 7 aromatic rings. The van der Waals surface area contributed by atoms with Crippen molar-refractivity contribution in [3.05, 3.63) is 125 Å². The topological polar surface area (TPSA) is 34.8 Å². The molecule has 0 amide bonds. The number of aryl methyl sites for hydroxylation is 5. The summed E-state index contributed by atoms with van der Waals surface area (Å²) in [5, 5.41) is 2.58. The molecule has 0 unspecified atom stereocenters. The Bertz CT molecular complexity index is 2130. The molecule has 0 aliphatic carbocycles. The van der Waals surface area contributed by atoms with Crippen molar-refractivity contribution in [2.24, 2.45) is 0 Å². The van der Waals surface area contributed by atoms with Gasteiger partial charge in [0, 0.05) is 16.7 Å². The number of benzene rings is 5. The molecule has 2 aliphatic heterocycles. The van der Waals surface area contributed by atoms with Gasteiger partial charge in [-0.15, -0.1) is 0 Å². The van der Waals surface area contributed by atoms with E-state index in [1.165, 1.54) is 99.7 Å². The van der Waals surface area contributed by atoms with Gasteiger partial charge in [-0.05, 0) is 79.4 Å². The van der Waals surface area contributed by atoms with Crippen LogP contribution < -0.4 is 37.7 Å². The number of hydrogen-bond donors (Lipinski definition) is 2. The van der Waals surface area contributed by atoms with E-state index in [2.05, 4.69) is 147 Å². The van der Waals surface area contributed by atoms with Gasteiger partial charge in [0.05, 0.1) is 0 Å². The second-order valence-corrected chi connectivity index (χ2v) is 13.0. The summed E-state index contributed by atoms with van der Waals surface area (Å²) < 4.78 is 0. The van der Waals surface area contributed by atoms with E-state index in [0.29, 0.717) is 0 Å². The number of hydrogen-bond acceptors (Lipinski definition) is 1. The number of aromatic amines is 2. The molecule has 0 fully saturated rings. The van der Waals surface area contributed by atoms with E-state index >= 15 is 0 Å². The zero-order valence-corrected chi connectivity index (χ0v) is 25.8. The summed E-state index contributed by atoms with van der Waals surface area (Å²) in [6.07, 6.45) is 0. The van der Waals surface area contributed by atoms with E-state index in [1.54, 1.807) is 0 Å².